The van der Waals surface area contributed by atoms with E-state index in [1.807, 2.05) is 24.3 Å². The highest BCUT2D eigenvalue weighted by atomic mass is 32.2. The summed E-state index contributed by atoms with van der Waals surface area (Å²) in [5.74, 6) is 0. The van der Waals surface area contributed by atoms with Crippen molar-refractivity contribution in [3.8, 4) is 0 Å². The quantitative estimate of drug-likeness (QED) is 0.610. The molecule has 0 amide bonds. The summed E-state index contributed by atoms with van der Waals surface area (Å²) in [6.45, 7) is 5.21. The van der Waals surface area contributed by atoms with E-state index in [1.165, 1.54) is 5.56 Å². The van der Waals surface area contributed by atoms with Crippen molar-refractivity contribution in [1.29, 1.82) is 0 Å². The van der Waals surface area contributed by atoms with E-state index in [2.05, 4.69) is 23.6 Å². The van der Waals surface area contributed by atoms with E-state index in [0.717, 1.165) is 12.8 Å². The van der Waals surface area contributed by atoms with Crippen LogP contribution >= 0.6 is 0 Å². The predicted molar refractivity (Wildman–Crippen MR) is 75.2 cm³/mol. The van der Waals surface area contributed by atoms with Gasteiger partial charge in [0.1, 0.15) is 0 Å². The van der Waals surface area contributed by atoms with Gasteiger partial charge in [0.25, 0.3) is 10.1 Å². The number of rotatable bonds is 5. The predicted octanol–water partition coefficient (Wildman–Crippen LogP) is 1.79. The highest BCUT2D eigenvalue weighted by molar-refractivity contribution is 7.86. The van der Waals surface area contributed by atoms with Crippen molar-refractivity contribution < 1.29 is 12.6 Å². The Morgan fingerprint density at radius 3 is 2.68 bits per heavy atom. The van der Waals surface area contributed by atoms with Gasteiger partial charge in [0.2, 0.25) is 0 Å². The Kier molecular flexibility index (Phi) is 4.39. The van der Waals surface area contributed by atoms with Crippen LogP contribution in [-0.4, -0.2) is 38.3 Å². The molecule has 0 radical (unpaired) electrons. The zero-order chi connectivity index (χ0) is 13.9. The summed E-state index contributed by atoms with van der Waals surface area (Å²) < 4.78 is 27.4. The lowest BCUT2D eigenvalue weighted by Crippen LogP contribution is -2.28. The minimum atomic E-state index is -3.40. The fourth-order valence-electron chi connectivity index (χ4n) is 2.45. The van der Waals surface area contributed by atoms with E-state index in [0.29, 0.717) is 13.0 Å². The second-order valence-electron chi connectivity index (χ2n) is 4.88. The molecular formula is C14H19NO3S. The maximum atomic E-state index is 11.2. The molecule has 1 aliphatic rings. The van der Waals surface area contributed by atoms with Crippen LogP contribution in [0.2, 0.25) is 0 Å². The topological polar surface area (TPSA) is 46.6 Å². The SMILES string of the molecule is C=C[C@@H]1C[C@@H](OS(C)(=O)=O)CN1Cc1ccccc1. The molecule has 4 nitrogen and oxygen atoms in total. The maximum Gasteiger partial charge on any atom is 0.264 e. The van der Waals surface area contributed by atoms with Gasteiger partial charge in [-0.25, -0.2) is 0 Å². The van der Waals surface area contributed by atoms with Gasteiger partial charge in [0.05, 0.1) is 12.4 Å². The van der Waals surface area contributed by atoms with Crippen molar-refractivity contribution >= 4 is 10.1 Å². The lowest BCUT2D eigenvalue weighted by Gasteiger charge is -2.21. The molecule has 1 aromatic carbocycles. The first-order valence-electron chi connectivity index (χ1n) is 6.27. The standard InChI is InChI=1S/C14H19NO3S/c1-3-13-9-14(18-19(2,16)17)11-15(13)10-12-7-5-4-6-8-12/h3-8,13-14H,1,9-11H2,2H3/t13-,14-/m1/s1. The van der Waals surface area contributed by atoms with Gasteiger partial charge in [-0.1, -0.05) is 36.4 Å². The van der Waals surface area contributed by atoms with Gasteiger partial charge >= 0.3 is 0 Å². The third-order valence-corrected chi connectivity index (χ3v) is 3.84. The Hall–Kier alpha value is -1.17. The minimum Gasteiger partial charge on any atom is -0.290 e. The number of hydrogen-bond donors (Lipinski definition) is 0. The van der Waals surface area contributed by atoms with Gasteiger partial charge in [-0.15, -0.1) is 6.58 Å². The second-order valence-corrected chi connectivity index (χ2v) is 6.48. The molecule has 0 saturated carbocycles. The molecule has 0 N–H and O–H groups in total. The van der Waals surface area contributed by atoms with Crippen LogP contribution in [-0.2, 0) is 20.8 Å². The molecule has 0 aliphatic carbocycles. The maximum absolute atomic E-state index is 11.2. The van der Waals surface area contributed by atoms with Crippen LogP contribution in [0.15, 0.2) is 43.0 Å². The monoisotopic (exact) mass is 281 g/mol. The van der Waals surface area contributed by atoms with E-state index in [-0.39, 0.29) is 12.1 Å². The molecule has 0 bridgehead atoms. The van der Waals surface area contributed by atoms with Crippen LogP contribution < -0.4 is 0 Å². The molecule has 2 rings (SSSR count). The Labute approximate surface area is 114 Å². The van der Waals surface area contributed by atoms with E-state index in [4.69, 9.17) is 4.18 Å². The summed E-state index contributed by atoms with van der Waals surface area (Å²) in [6.07, 6.45) is 3.34. The molecule has 1 fully saturated rings. The first-order chi connectivity index (χ1) is 8.98. The molecule has 1 aliphatic heterocycles. The zero-order valence-corrected chi connectivity index (χ0v) is 11.8. The average molecular weight is 281 g/mol. The third kappa shape index (κ3) is 4.16. The van der Waals surface area contributed by atoms with Gasteiger partial charge in [0.15, 0.2) is 0 Å². The van der Waals surface area contributed by atoms with Crippen LogP contribution in [0.4, 0.5) is 0 Å². The van der Waals surface area contributed by atoms with E-state index in [9.17, 15) is 8.42 Å². The van der Waals surface area contributed by atoms with Crippen molar-refractivity contribution in [2.24, 2.45) is 0 Å². The molecule has 104 valence electrons. The minimum absolute atomic E-state index is 0.159. The number of likely N-dealkylation sites (tertiary alicyclic amines) is 1. The van der Waals surface area contributed by atoms with Crippen molar-refractivity contribution in [3.63, 3.8) is 0 Å². The Morgan fingerprint density at radius 2 is 2.11 bits per heavy atom. The molecule has 5 heteroatoms. The number of nitrogens with zero attached hydrogens (tertiary/aromatic N) is 1. The lowest BCUT2D eigenvalue weighted by molar-refractivity contribution is 0.204. The molecule has 1 heterocycles. The van der Waals surface area contributed by atoms with Crippen LogP contribution in [0, 0.1) is 0 Å². The van der Waals surface area contributed by atoms with Crippen LogP contribution in [0.25, 0.3) is 0 Å². The van der Waals surface area contributed by atoms with Crippen molar-refractivity contribution in [2.75, 3.05) is 12.8 Å². The number of benzene rings is 1. The summed E-state index contributed by atoms with van der Waals surface area (Å²) in [7, 11) is -3.40. The molecule has 1 aromatic rings. The van der Waals surface area contributed by atoms with Crippen molar-refractivity contribution in [2.45, 2.75) is 25.1 Å². The second kappa shape index (κ2) is 5.86. The fraction of sp³-hybridized carbons (Fsp3) is 0.429. The van der Waals surface area contributed by atoms with Crippen LogP contribution in [0.1, 0.15) is 12.0 Å². The summed E-state index contributed by atoms with van der Waals surface area (Å²) in [5.41, 5.74) is 1.20. The Bertz CT molecular complexity index is 527. The normalized spacial score (nSPS) is 24.5. The van der Waals surface area contributed by atoms with E-state index < -0.39 is 10.1 Å². The molecular weight excluding hydrogens is 262 g/mol. The largest absolute Gasteiger partial charge is 0.290 e. The zero-order valence-electron chi connectivity index (χ0n) is 11.0. The van der Waals surface area contributed by atoms with Crippen molar-refractivity contribution in [3.05, 3.63) is 48.6 Å². The van der Waals surface area contributed by atoms with Gasteiger partial charge in [-0.05, 0) is 12.0 Å². The molecule has 19 heavy (non-hydrogen) atoms. The Balaban J connectivity index is 2.02. The van der Waals surface area contributed by atoms with Crippen LogP contribution in [0.5, 0.6) is 0 Å². The van der Waals surface area contributed by atoms with Gasteiger partial charge < -0.3 is 0 Å². The summed E-state index contributed by atoms with van der Waals surface area (Å²) >= 11 is 0. The highest BCUT2D eigenvalue weighted by Gasteiger charge is 2.32. The average Bonchev–Trinajstić information content (AvgIpc) is 2.70. The molecule has 0 unspecified atom stereocenters. The van der Waals surface area contributed by atoms with Gasteiger partial charge in [-0.2, -0.15) is 8.42 Å². The molecule has 0 aromatic heterocycles. The first kappa shape index (κ1) is 14.2. The first-order valence-corrected chi connectivity index (χ1v) is 8.08. The smallest absolute Gasteiger partial charge is 0.264 e. The molecule has 2 atom stereocenters. The van der Waals surface area contributed by atoms with Gasteiger partial charge in [0, 0.05) is 19.1 Å². The summed E-state index contributed by atoms with van der Waals surface area (Å²) in [4.78, 5) is 2.19. The number of hydrogen-bond acceptors (Lipinski definition) is 4. The fourth-order valence-corrected chi connectivity index (χ4v) is 3.09. The lowest BCUT2D eigenvalue weighted by atomic mass is 10.2. The summed E-state index contributed by atoms with van der Waals surface area (Å²) in [5, 5.41) is 0. The molecule has 0 spiro atoms. The van der Waals surface area contributed by atoms with E-state index >= 15 is 0 Å². The Morgan fingerprint density at radius 1 is 1.42 bits per heavy atom. The molecule has 1 saturated heterocycles. The van der Waals surface area contributed by atoms with Crippen molar-refractivity contribution in [1.82, 2.24) is 4.90 Å². The highest BCUT2D eigenvalue weighted by Crippen LogP contribution is 2.24. The summed E-state index contributed by atoms with van der Waals surface area (Å²) in [6, 6.07) is 10.3. The third-order valence-electron chi connectivity index (χ3n) is 3.22. The van der Waals surface area contributed by atoms with Gasteiger partial charge in [-0.3, -0.25) is 9.08 Å². The van der Waals surface area contributed by atoms with E-state index in [1.54, 1.807) is 0 Å². The van der Waals surface area contributed by atoms with Crippen LogP contribution in [0.3, 0.4) is 0 Å².